The number of amides is 2. The number of benzene rings is 2. The van der Waals surface area contributed by atoms with Crippen molar-refractivity contribution in [1.82, 2.24) is 15.8 Å². The number of nitrogens with zero attached hydrogens (tertiary/aromatic N) is 1. The van der Waals surface area contributed by atoms with Crippen LogP contribution in [-0.4, -0.2) is 30.3 Å². The molecular formula is C17H18ClN3O2. The van der Waals surface area contributed by atoms with Crippen LogP contribution in [0.3, 0.4) is 0 Å². The van der Waals surface area contributed by atoms with Gasteiger partial charge < -0.3 is 0 Å². The average Bonchev–Trinajstić information content (AvgIpc) is 2.55. The molecule has 0 fully saturated rings. The molecule has 0 unspecified atom stereocenters. The molecule has 0 aromatic heterocycles. The Bertz CT molecular complexity index is 659. The highest BCUT2D eigenvalue weighted by Crippen LogP contribution is 2.10. The number of carbonyl (C=O) groups is 2. The Labute approximate surface area is 140 Å². The van der Waals surface area contributed by atoms with E-state index in [0.29, 0.717) is 17.1 Å². The Morgan fingerprint density at radius 2 is 1.65 bits per heavy atom. The number of rotatable bonds is 5. The predicted octanol–water partition coefficient (Wildman–Crippen LogP) is 2.23. The van der Waals surface area contributed by atoms with Gasteiger partial charge in [-0.15, -0.1) is 0 Å². The molecule has 0 heterocycles. The van der Waals surface area contributed by atoms with Gasteiger partial charge in [-0.05, 0) is 36.9 Å². The number of halogens is 1. The fourth-order valence-electron chi connectivity index (χ4n) is 2.03. The van der Waals surface area contributed by atoms with E-state index in [1.165, 1.54) is 0 Å². The summed E-state index contributed by atoms with van der Waals surface area (Å²) in [7, 11) is 1.83. The van der Waals surface area contributed by atoms with Gasteiger partial charge >= 0.3 is 0 Å². The molecule has 2 rings (SSSR count). The van der Waals surface area contributed by atoms with Crippen molar-refractivity contribution in [3.05, 3.63) is 70.7 Å². The standard InChI is InChI=1S/C17H18ClN3O2/c1-21(11-13-7-9-15(18)10-8-13)12-16(22)19-20-17(23)14-5-3-2-4-6-14/h2-10H,11-12H2,1H3,(H,19,22)(H,20,23). The summed E-state index contributed by atoms with van der Waals surface area (Å²) in [6.45, 7) is 0.773. The van der Waals surface area contributed by atoms with Crippen LogP contribution < -0.4 is 10.9 Å². The van der Waals surface area contributed by atoms with Crippen LogP contribution in [0.2, 0.25) is 5.02 Å². The third-order valence-corrected chi connectivity index (χ3v) is 3.38. The maximum Gasteiger partial charge on any atom is 0.269 e. The molecule has 0 saturated carbocycles. The van der Waals surface area contributed by atoms with E-state index in [2.05, 4.69) is 10.9 Å². The van der Waals surface area contributed by atoms with Crippen LogP contribution in [0.15, 0.2) is 54.6 Å². The number of nitrogens with one attached hydrogen (secondary N) is 2. The predicted molar refractivity (Wildman–Crippen MR) is 89.8 cm³/mol. The minimum absolute atomic E-state index is 0.164. The van der Waals surface area contributed by atoms with Crippen LogP contribution in [0, 0.1) is 0 Å². The second-order valence-electron chi connectivity index (χ2n) is 5.17. The molecular weight excluding hydrogens is 314 g/mol. The lowest BCUT2D eigenvalue weighted by Gasteiger charge is -2.16. The Morgan fingerprint density at radius 3 is 2.30 bits per heavy atom. The van der Waals surface area contributed by atoms with Gasteiger partial charge in [0, 0.05) is 17.1 Å². The van der Waals surface area contributed by atoms with Gasteiger partial charge in [0.05, 0.1) is 6.54 Å². The molecule has 120 valence electrons. The monoisotopic (exact) mass is 331 g/mol. The zero-order valence-corrected chi connectivity index (χ0v) is 13.5. The maximum atomic E-state index is 11.8. The highest BCUT2D eigenvalue weighted by atomic mass is 35.5. The normalized spacial score (nSPS) is 10.4. The minimum atomic E-state index is -0.348. The van der Waals surface area contributed by atoms with E-state index in [1.54, 1.807) is 24.3 Å². The largest absolute Gasteiger partial charge is 0.293 e. The summed E-state index contributed by atoms with van der Waals surface area (Å²) in [6.07, 6.45) is 0. The van der Waals surface area contributed by atoms with E-state index < -0.39 is 0 Å². The molecule has 0 spiro atoms. The van der Waals surface area contributed by atoms with E-state index in [1.807, 2.05) is 42.3 Å². The molecule has 2 N–H and O–H groups in total. The average molecular weight is 332 g/mol. The van der Waals surface area contributed by atoms with Gasteiger partial charge in [-0.25, -0.2) is 0 Å². The summed E-state index contributed by atoms with van der Waals surface area (Å²) in [5.74, 6) is -0.634. The molecule has 0 aliphatic carbocycles. The molecule has 2 aromatic rings. The molecule has 6 heteroatoms. The van der Waals surface area contributed by atoms with Crippen LogP contribution >= 0.6 is 11.6 Å². The number of hydrogen-bond donors (Lipinski definition) is 2. The van der Waals surface area contributed by atoms with Crippen molar-refractivity contribution in [3.63, 3.8) is 0 Å². The van der Waals surface area contributed by atoms with E-state index >= 15 is 0 Å². The number of hydrogen-bond acceptors (Lipinski definition) is 3. The van der Waals surface area contributed by atoms with Crippen molar-refractivity contribution >= 4 is 23.4 Å². The molecule has 0 aliphatic rings. The van der Waals surface area contributed by atoms with Crippen LogP contribution in [0.1, 0.15) is 15.9 Å². The van der Waals surface area contributed by atoms with E-state index in [4.69, 9.17) is 11.6 Å². The summed E-state index contributed by atoms with van der Waals surface area (Å²) in [6, 6.07) is 16.1. The fraction of sp³-hybridized carbons (Fsp3) is 0.176. The SMILES string of the molecule is CN(CC(=O)NNC(=O)c1ccccc1)Cc1ccc(Cl)cc1. The first-order valence-corrected chi connectivity index (χ1v) is 7.49. The summed E-state index contributed by atoms with van der Waals surface area (Å²) < 4.78 is 0. The molecule has 5 nitrogen and oxygen atoms in total. The lowest BCUT2D eigenvalue weighted by Crippen LogP contribution is -2.45. The Morgan fingerprint density at radius 1 is 1.00 bits per heavy atom. The molecule has 2 aromatic carbocycles. The summed E-state index contributed by atoms with van der Waals surface area (Å²) in [5.41, 5.74) is 6.34. The summed E-state index contributed by atoms with van der Waals surface area (Å²) >= 11 is 5.84. The lowest BCUT2D eigenvalue weighted by molar-refractivity contribution is -0.122. The minimum Gasteiger partial charge on any atom is -0.293 e. The first-order chi connectivity index (χ1) is 11.0. The molecule has 0 bridgehead atoms. The van der Waals surface area contributed by atoms with Gasteiger partial charge in [0.25, 0.3) is 11.8 Å². The molecule has 23 heavy (non-hydrogen) atoms. The van der Waals surface area contributed by atoms with Gasteiger partial charge in [0.1, 0.15) is 0 Å². The summed E-state index contributed by atoms with van der Waals surface area (Å²) in [5, 5.41) is 0.678. The van der Waals surface area contributed by atoms with Crippen LogP contribution in [0.4, 0.5) is 0 Å². The van der Waals surface area contributed by atoms with Crippen LogP contribution in [0.25, 0.3) is 0 Å². The van der Waals surface area contributed by atoms with Gasteiger partial charge in [-0.3, -0.25) is 25.3 Å². The van der Waals surface area contributed by atoms with Gasteiger partial charge in [0.15, 0.2) is 0 Å². The molecule has 0 aliphatic heterocycles. The van der Waals surface area contributed by atoms with Crippen molar-refractivity contribution in [2.45, 2.75) is 6.54 Å². The third-order valence-electron chi connectivity index (χ3n) is 3.13. The van der Waals surface area contributed by atoms with Gasteiger partial charge in [-0.2, -0.15) is 0 Å². The summed E-state index contributed by atoms with van der Waals surface area (Å²) in [4.78, 5) is 25.5. The first-order valence-electron chi connectivity index (χ1n) is 7.12. The Hall–Kier alpha value is -2.37. The van der Waals surface area contributed by atoms with Crippen LogP contribution in [0.5, 0.6) is 0 Å². The smallest absolute Gasteiger partial charge is 0.269 e. The van der Waals surface area contributed by atoms with Gasteiger partial charge in [0.2, 0.25) is 0 Å². The number of carbonyl (C=O) groups excluding carboxylic acids is 2. The van der Waals surface area contributed by atoms with Crippen molar-refractivity contribution in [1.29, 1.82) is 0 Å². The zero-order chi connectivity index (χ0) is 16.7. The Balaban J connectivity index is 1.75. The van der Waals surface area contributed by atoms with E-state index in [9.17, 15) is 9.59 Å². The molecule has 0 saturated heterocycles. The number of likely N-dealkylation sites (N-methyl/N-ethyl adjacent to an activating group) is 1. The second-order valence-corrected chi connectivity index (χ2v) is 5.60. The van der Waals surface area contributed by atoms with Crippen molar-refractivity contribution in [2.75, 3.05) is 13.6 Å². The zero-order valence-electron chi connectivity index (χ0n) is 12.8. The fourth-order valence-corrected chi connectivity index (χ4v) is 2.16. The second kappa shape index (κ2) is 8.31. The molecule has 0 atom stereocenters. The topological polar surface area (TPSA) is 61.4 Å². The maximum absolute atomic E-state index is 11.8. The van der Waals surface area contributed by atoms with E-state index in [-0.39, 0.29) is 18.4 Å². The van der Waals surface area contributed by atoms with E-state index in [0.717, 1.165) is 5.56 Å². The lowest BCUT2D eigenvalue weighted by atomic mass is 10.2. The highest BCUT2D eigenvalue weighted by molar-refractivity contribution is 6.30. The first kappa shape index (κ1) is 17.0. The molecule has 2 amide bonds. The number of hydrazine groups is 1. The third kappa shape index (κ3) is 5.73. The van der Waals surface area contributed by atoms with Crippen molar-refractivity contribution in [2.24, 2.45) is 0 Å². The van der Waals surface area contributed by atoms with Crippen molar-refractivity contribution < 1.29 is 9.59 Å². The molecule has 0 radical (unpaired) electrons. The van der Waals surface area contributed by atoms with Gasteiger partial charge in [-0.1, -0.05) is 41.9 Å². The van der Waals surface area contributed by atoms with Crippen LogP contribution in [-0.2, 0) is 11.3 Å². The van der Waals surface area contributed by atoms with Crippen molar-refractivity contribution in [3.8, 4) is 0 Å². The quantitative estimate of drug-likeness (QED) is 0.826. The highest BCUT2D eigenvalue weighted by Gasteiger charge is 2.09. The Kier molecular flexibility index (Phi) is 6.14.